The van der Waals surface area contributed by atoms with Gasteiger partial charge in [-0.3, -0.25) is 4.79 Å². The van der Waals surface area contributed by atoms with Crippen LogP contribution in [0.4, 0.5) is 4.79 Å². The highest BCUT2D eigenvalue weighted by Crippen LogP contribution is 2.28. The third-order valence-electron chi connectivity index (χ3n) is 4.39. The molecule has 0 spiro atoms. The van der Waals surface area contributed by atoms with Gasteiger partial charge in [-0.15, -0.1) is 0 Å². The van der Waals surface area contributed by atoms with Crippen LogP contribution in [0.3, 0.4) is 0 Å². The Labute approximate surface area is 135 Å². The first-order valence-electron chi connectivity index (χ1n) is 7.43. The molecule has 0 bridgehead atoms. The quantitative estimate of drug-likeness (QED) is 0.754. The van der Waals surface area contributed by atoms with Crippen LogP contribution >= 0.6 is 0 Å². The second kappa shape index (κ2) is 5.55. The number of nitrogens with zero attached hydrogens (tertiary/aromatic N) is 3. The van der Waals surface area contributed by atoms with Gasteiger partial charge >= 0.3 is 6.03 Å². The van der Waals surface area contributed by atoms with Crippen LogP contribution in [-0.4, -0.2) is 90.8 Å². The second-order valence-corrected chi connectivity index (χ2v) is 8.32. The van der Waals surface area contributed by atoms with Crippen molar-refractivity contribution in [2.45, 2.75) is 12.1 Å². The van der Waals surface area contributed by atoms with E-state index >= 15 is 0 Å². The first kappa shape index (κ1) is 15.9. The molecule has 2 fully saturated rings. The van der Waals surface area contributed by atoms with Crippen LogP contribution in [0, 0.1) is 0 Å². The van der Waals surface area contributed by atoms with Gasteiger partial charge in [0, 0.05) is 33.4 Å². The molecule has 0 aliphatic carbocycles. The highest BCUT2D eigenvalue weighted by atomic mass is 32.2. The Kier molecular flexibility index (Phi) is 3.83. The van der Waals surface area contributed by atoms with E-state index < -0.39 is 21.9 Å². The van der Waals surface area contributed by atoms with Crippen LogP contribution < -0.4 is 0 Å². The molecular weight excluding hydrogens is 320 g/mol. The maximum Gasteiger partial charge on any atom is 0.319 e. The molecule has 1 aromatic rings. The number of hydrogen-bond acceptors (Lipinski definition) is 4. The number of rotatable bonds is 1. The van der Waals surface area contributed by atoms with Gasteiger partial charge < -0.3 is 19.7 Å². The molecule has 1 N–H and O–H groups in total. The lowest BCUT2D eigenvalue weighted by Gasteiger charge is -2.44. The molecule has 8 nitrogen and oxygen atoms in total. The zero-order valence-corrected chi connectivity index (χ0v) is 13.9. The molecule has 2 aliphatic rings. The van der Waals surface area contributed by atoms with E-state index in [0.29, 0.717) is 18.8 Å². The molecule has 0 radical (unpaired) electrons. The first-order valence-corrected chi connectivity index (χ1v) is 9.25. The van der Waals surface area contributed by atoms with Crippen molar-refractivity contribution in [3.05, 3.63) is 24.0 Å². The van der Waals surface area contributed by atoms with Crippen LogP contribution in [0.5, 0.6) is 0 Å². The molecule has 0 saturated carbocycles. The molecule has 3 rings (SSSR count). The number of urea groups is 1. The highest BCUT2D eigenvalue weighted by Gasteiger charge is 2.49. The van der Waals surface area contributed by atoms with Crippen LogP contribution in [0.2, 0.25) is 0 Å². The van der Waals surface area contributed by atoms with E-state index in [1.54, 1.807) is 42.2 Å². The average molecular weight is 340 g/mol. The maximum absolute atomic E-state index is 12.6. The van der Waals surface area contributed by atoms with Crippen LogP contribution in [0.15, 0.2) is 18.3 Å². The monoisotopic (exact) mass is 340 g/mol. The number of piperazine rings is 1. The molecule has 9 heteroatoms. The zero-order valence-electron chi connectivity index (χ0n) is 13.1. The Morgan fingerprint density at radius 2 is 1.78 bits per heavy atom. The standard InChI is InChI=1S/C14H20N4O4S/c1-16(2)14(20)18-7-6-17(13(19)10-4-3-5-15-10)11-8-23(21,22)9-12(11)18/h3-5,11-12,15H,6-9H2,1-2H3/t11-,12+/m1/s1. The molecule has 0 unspecified atom stereocenters. The molecule has 0 aromatic carbocycles. The number of fused-ring (bicyclic) bond motifs is 1. The Morgan fingerprint density at radius 3 is 2.35 bits per heavy atom. The van der Waals surface area contributed by atoms with Gasteiger partial charge in [-0.25, -0.2) is 13.2 Å². The van der Waals surface area contributed by atoms with Crippen molar-refractivity contribution < 1.29 is 18.0 Å². The fourth-order valence-corrected chi connectivity index (χ4v) is 5.30. The fourth-order valence-electron chi connectivity index (χ4n) is 3.32. The molecule has 2 saturated heterocycles. The lowest BCUT2D eigenvalue weighted by molar-refractivity contribution is 0.0389. The average Bonchev–Trinajstić information content (AvgIpc) is 3.10. The predicted molar refractivity (Wildman–Crippen MR) is 83.8 cm³/mol. The summed E-state index contributed by atoms with van der Waals surface area (Å²) in [5.74, 6) is -0.411. The van der Waals surface area contributed by atoms with Crippen molar-refractivity contribution in [1.29, 1.82) is 0 Å². The van der Waals surface area contributed by atoms with Crippen LogP contribution in [0.1, 0.15) is 10.5 Å². The predicted octanol–water partition coefficient (Wildman–Crippen LogP) is -0.380. The van der Waals surface area contributed by atoms with E-state index in [1.807, 2.05) is 0 Å². The second-order valence-electron chi connectivity index (χ2n) is 6.16. The lowest BCUT2D eigenvalue weighted by Crippen LogP contribution is -2.63. The van der Waals surface area contributed by atoms with E-state index in [4.69, 9.17) is 0 Å². The summed E-state index contributed by atoms with van der Waals surface area (Å²) in [6.07, 6.45) is 1.65. The van der Waals surface area contributed by atoms with Gasteiger partial charge in [0.2, 0.25) is 0 Å². The molecule has 23 heavy (non-hydrogen) atoms. The summed E-state index contributed by atoms with van der Waals surface area (Å²) < 4.78 is 24.2. The molecule has 126 valence electrons. The van der Waals surface area contributed by atoms with Gasteiger partial charge in [0.15, 0.2) is 9.84 Å². The Bertz CT molecular complexity index is 713. The third kappa shape index (κ3) is 2.80. The first-order chi connectivity index (χ1) is 10.8. The van der Waals surface area contributed by atoms with Crippen molar-refractivity contribution in [1.82, 2.24) is 19.7 Å². The van der Waals surface area contributed by atoms with Gasteiger partial charge in [-0.05, 0) is 12.1 Å². The molecule has 2 aliphatic heterocycles. The smallest absolute Gasteiger partial charge is 0.319 e. The number of sulfone groups is 1. The van der Waals surface area contributed by atoms with Crippen molar-refractivity contribution >= 4 is 21.8 Å². The molecule has 2 atom stereocenters. The summed E-state index contributed by atoms with van der Waals surface area (Å²) in [5.41, 5.74) is 0.431. The highest BCUT2D eigenvalue weighted by molar-refractivity contribution is 7.91. The number of hydrogen-bond donors (Lipinski definition) is 1. The Balaban J connectivity index is 1.90. The summed E-state index contributed by atoms with van der Waals surface area (Å²) in [5, 5.41) is 0. The van der Waals surface area contributed by atoms with Gasteiger partial charge in [-0.2, -0.15) is 0 Å². The summed E-state index contributed by atoms with van der Waals surface area (Å²) in [6.45, 7) is 0.661. The van der Waals surface area contributed by atoms with Crippen LogP contribution in [0.25, 0.3) is 0 Å². The van der Waals surface area contributed by atoms with Gasteiger partial charge in [-0.1, -0.05) is 0 Å². The molecule has 3 amide bonds. The van der Waals surface area contributed by atoms with E-state index in [-0.39, 0.29) is 23.4 Å². The van der Waals surface area contributed by atoms with E-state index in [1.165, 1.54) is 4.90 Å². The topological polar surface area (TPSA) is 93.8 Å². The largest absolute Gasteiger partial charge is 0.357 e. The normalized spacial score (nSPS) is 26.0. The number of aromatic amines is 1. The van der Waals surface area contributed by atoms with Crippen molar-refractivity contribution in [2.24, 2.45) is 0 Å². The Hall–Kier alpha value is -2.03. The fraction of sp³-hybridized carbons (Fsp3) is 0.571. The van der Waals surface area contributed by atoms with Crippen molar-refractivity contribution in [3.63, 3.8) is 0 Å². The van der Waals surface area contributed by atoms with Crippen molar-refractivity contribution in [2.75, 3.05) is 38.7 Å². The van der Waals surface area contributed by atoms with Gasteiger partial charge in [0.1, 0.15) is 5.69 Å². The Morgan fingerprint density at radius 1 is 1.17 bits per heavy atom. The SMILES string of the molecule is CN(C)C(=O)N1CCN(C(=O)c2ccc[nH]2)[C@@H]2CS(=O)(=O)C[C@@H]21. The maximum atomic E-state index is 12.6. The summed E-state index contributed by atoms with van der Waals surface area (Å²) in [4.78, 5) is 32.4. The zero-order chi connectivity index (χ0) is 16.8. The number of amides is 3. The van der Waals surface area contributed by atoms with E-state index in [9.17, 15) is 18.0 Å². The van der Waals surface area contributed by atoms with Gasteiger partial charge in [0.25, 0.3) is 5.91 Å². The molecule has 1 aromatic heterocycles. The minimum absolute atomic E-state index is 0.0915. The molecule has 3 heterocycles. The third-order valence-corrected chi connectivity index (χ3v) is 6.09. The number of carbonyl (C=O) groups excluding carboxylic acids is 2. The summed E-state index contributed by atoms with van der Waals surface area (Å²) >= 11 is 0. The molecular formula is C14H20N4O4S. The number of H-pyrrole nitrogens is 1. The number of aromatic nitrogens is 1. The minimum Gasteiger partial charge on any atom is -0.357 e. The summed E-state index contributed by atoms with van der Waals surface area (Å²) in [6, 6.07) is 2.19. The number of carbonyl (C=O) groups is 2. The van der Waals surface area contributed by atoms with Crippen molar-refractivity contribution in [3.8, 4) is 0 Å². The van der Waals surface area contributed by atoms with E-state index in [0.717, 1.165) is 0 Å². The summed E-state index contributed by atoms with van der Waals surface area (Å²) in [7, 11) is -0.000409. The van der Waals surface area contributed by atoms with E-state index in [2.05, 4.69) is 4.98 Å². The number of nitrogens with one attached hydrogen (secondary N) is 1. The van der Waals surface area contributed by atoms with Gasteiger partial charge in [0.05, 0.1) is 23.6 Å². The lowest BCUT2D eigenvalue weighted by atomic mass is 10.0. The van der Waals surface area contributed by atoms with Crippen LogP contribution in [-0.2, 0) is 9.84 Å². The minimum atomic E-state index is -3.27.